The number of amides is 2. The van der Waals surface area contributed by atoms with Crippen molar-refractivity contribution in [2.24, 2.45) is 0 Å². The highest BCUT2D eigenvalue weighted by atomic mass is 16.2. The number of aromatic nitrogens is 2. The van der Waals surface area contributed by atoms with E-state index < -0.39 is 0 Å². The van der Waals surface area contributed by atoms with Crippen LogP contribution in [0, 0.1) is 6.92 Å². The maximum Gasteiger partial charge on any atom is 0.243 e. The third-order valence-electron chi connectivity index (χ3n) is 8.76. The summed E-state index contributed by atoms with van der Waals surface area (Å²) in [5, 5.41) is 3.08. The van der Waals surface area contributed by atoms with Crippen LogP contribution in [0.1, 0.15) is 87.6 Å². The molecule has 2 aromatic carbocycles. The Morgan fingerprint density at radius 2 is 1.54 bits per heavy atom. The molecular formula is C33H44N4O2. The molecule has 1 heterocycles. The molecule has 1 N–H and O–H groups in total. The van der Waals surface area contributed by atoms with Gasteiger partial charge in [-0.1, -0.05) is 74.9 Å². The van der Waals surface area contributed by atoms with Gasteiger partial charge in [0, 0.05) is 25.0 Å². The first-order chi connectivity index (χ1) is 19.1. The Labute approximate surface area is 233 Å². The summed E-state index contributed by atoms with van der Waals surface area (Å²) in [6, 6.07) is 16.9. The largest absolute Gasteiger partial charge is 0.356 e. The van der Waals surface area contributed by atoms with Crippen molar-refractivity contribution < 1.29 is 9.59 Å². The minimum absolute atomic E-state index is 0.0450. The van der Waals surface area contributed by atoms with E-state index in [0.29, 0.717) is 31.6 Å². The van der Waals surface area contributed by atoms with Crippen LogP contribution in [0.3, 0.4) is 0 Å². The van der Waals surface area contributed by atoms with Crippen LogP contribution >= 0.6 is 0 Å². The van der Waals surface area contributed by atoms with Gasteiger partial charge in [-0.25, -0.2) is 4.98 Å². The van der Waals surface area contributed by atoms with Gasteiger partial charge in [-0.05, 0) is 62.3 Å². The van der Waals surface area contributed by atoms with Gasteiger partial charge in [-0.3, -0.25) is 9.59 Å². The van der Waals surface area contributed by atoms with Gasteiger partial charge < -0.3 is 14.8 Å². The molecule has 6 nitrogen and oxygen atoms in total. The van der Waals surface area contributed by atoms with Gasteiger partial charge in [0.25, 0.3) is 0 Å². The van der Waals surface area contributed by atoms with Crippen molar-refractivity contribution in [3.05, 3.63) is 65.5 Å². The van der Waals surface area contributed by atoms with E-state index in [2.05, 4.69) is 20.9 Å². The lowest BCUT2D eigenvalue weighted by atomic mass is 9.88. The van der Waals surface area contributed by atoms with E-state index >= 15 is 0 Å². The van der Waals surface area contributed by atoms with Crippen LogP contribution in [-0.4, -0.2) is 44.9 Å². The van der Waals surface area contributed by atoms with E-state index in [-0.39, 0.29) is 11.8 Å². The molecular weight excluding hydrogens is 484 g/mol. The van der Waals surface area contributed by atoms with E-state index in [1.165, 1.54) is 38.5 Å². The van der Waals surface area contributed by atoms with Gasteiger partial charge in [-0.15, -0.1) is 0 Å². The Kier molecular flexibility index (Phi) is 9.33. The van der Waals surface area contributed by atoms with Gasteiger partial charge in [0.15, 0.2) is 0 Å². The number of benzene rings is 2. The fourth-order valence-electron chi connectivity index (χ4n) is 6.65. The van der Waals surface area contributed by atoms with Crippen LogP contribution in [0.25, 0.3) is 11.0 Å². The number of para-hydroxylation sites is 2. The minimum atomic E-state index is 0.0450. The molecule has 2 fully saturated rings. The highest BCUT2D eigenvalue weighted by Gasteiger charge is 2.33. The molecule has 6 heteroatoms. The molecule has 0 atom stereocenters. The Morgan fingerprint density at radius 1 is 0.897 bits per heavy atom. The van der Waals surface area contributed by atoms with Crippen molar-refractivity contribution in [1.82, 2.24) is 19.8 Å². The maximum atomic E-state index is 14.0. The van der Waals surface area contributed by atoms with Crippen molar-refractivity contribution in [1.29, 1.82) is 0 Å². The first kappa shape index (κ1) is 27.4. The molecule has 2 aliphatic rings. The topological polar surface area (TPSA) is 67.2 Å². The van der Waals surface area contributed by atoms with E-state index in [0.717, 1.165) is 66.5 Å². The average Bonchev–Trinajstić information content (AvgIpc) is 3.30. The molecule has 2 amide bonds. The van der Waals surface area contributed by atoms with Gasteiger partial charge >= 0.3 is 0 Å². The normalized spacial score (nSPS) is 16.8. The number of carbonyl (C=O) groups excluding carboxylic acids is 2. The number of fused-ring (bicyclic) bond motifs is 1. The fourth-order valence-corrected chi connectivity index (χ4v) is 6.65. The number of nitrogens with one attached hydrogen (secondary N) is 1. The second kappa shape index (κ2) is 13.3. The molecule has 5 rings (SSSR count). The summed E-state index contributed by atoms with van der Waals surface area (Å²) >= 11 is 0. The van der Waals surface area contributed by atoms with E-state index in [1.807, 2.05) is 49.4 Å². The van der Waals surface area contributed by atoms with E-state index in [9.17, 15) is 9.59 Å². The van der Waals surface area contributed by atoms with Crippen molar-refractivity contribution in [3.63, 3.8) is 0 Å². The Hall–Kier alpha value is -3.15. The van der Waals surface area contributed by atoms with E-state index in [1.54, 1.807) is 0 Å². The molecule has 2 saturated carbocycles. The lowest BCUT2D eigenvalue weighted by Crippen LogP contribution is -2.50. The number of imidazole rings is 1. The SMILES string of the molecule is Cc1ccccc1CC(=O)NCCCc1nc2ccccc2n1CC(=O)N(C1CCCCC1)C1CCCCC1. The predicted octanol–water partition coefficient (Wildman–Crippen LogP) is 6.13. The number of nitrogens with zero attached hydrogens (tertiary/aromatic N) is 3. The predicted molar refractivity (Wildman–Crippen MR) is 157 cm³/mol. The van der Waals surface area contributed by atoms with Crippen molar-refractivity contribution >= 4 is 22.8 Å². The molecule has 0 bridgehead atoms. The summed E-state index contributed by atoms with van der Waals surface area (Å²) in [5.41, 5.74) is 4.17. The molecule has 1 aromatic heterocycles. The molecule has 0 aliphatic heterocycles. The van der Waals surface area contributed by atoms with Gasteiger partial charge in [0.2, 0.25) is 11.8 Å². The second-order valence-electron chi connectivity index (χ2n) is 11.5. The Balaban J connectivity index is 1.26. The highest BCUT2D eigenvalue weighted by molar-refractivity contribution is 5.82. The summed E-state index contributed by atoms with van der Waals surface area (Å²) in [4.78, 5) is 33.8. The standard InChI is InChI=1S/C33H44N4O2/c1-25-13-8-9-14-26(25)23-32(38)34-22-12-21-31-35-29-19-10-11-20-30(29)36(31)24-33(39)37(27-15-4-2-5-16-27)28-17-6-3-7-18-28/h8-11,13-14,19-20,27-28H,2-7,12,15-18,21-24H2,1H3,(H,34,38). The quantitative estimate of drug-likeness (QED) is 0.322. The van der Waals surface area contributed by atoms with Crippen molar-refractivity contribution in [2.75, 3.05) is 6.54 Å². The van der Waals surface area contributed by atoms with Crippen molar-refractivity contribution in [3.8, 4) is 0 Å². The zero-order chi connectivity index (χ0) is 27.0. The number of hydrogen-bond acceptors (Lipinski definition) is 3. The van der Waals surface area contributed by atoms with Crippen LogP contribution in [0.5, 0.6) is 0 Å². The third kappa shape index (κ3) is 6.90. The van der Waals surface area contributed by atoms with Crippen LogP contribution in [-0.2, 0) is 29.0 Å². The molecule has 0 unspecified atom stereocenters. The monoisotopic (exact) mass is 528 g/mol. The molecule has 3 aromatic rings. The third-order valence-corrected chi connectivity index (χ3v) is 8.76. The molecule has 0 saturated heterocycles. The summed E-state index contributed by atoms with van der Waals surface area (Å²) < 4.78 is 2.14. The molecule has 208 valence electrons. The van der Waals surface area contributed by atoms with Crippen LogP contribution < -0.4 is 5.32 Å². The van der Waals surface area contributed by atoms with Crippen LogP contribution in [0.2, 0.25) is 0 Å². The van der Waals surface area contributed by atoms with Gasteiger partial charge in [0.05, 0.1) is 17.5 Å². The number of carbonyl (C=O) groups is 2. The second-order valence-corrected chi connectivity index (χ2v) is 11.5. The zero-order valence-electron chi connectivity index (χ0n) is 23.5. The van der Waals surface area contributed by atoms with Crippen molar-refractivity contribution in [2.45, 2.75) is 109 Å². The summed E-state index contributed by atoms with van der Waals surface area (Å²) in [6.07, 6.45) is 14.0. The van der Waals surface area contributed by atoms with Crippen LogP contribution in [0.15, 0.2) is 48.5 Å². The zero-order valence-corrected chi connectivity index (χ0v) is 23.5. The molecule has 39 heavy (non-hydrogen) atoms. The van der Waals surface area contributed by atoms with E-state index in [4.69, 9.17) is 4.98 Å². The number of rotatable bonds is 10. The van der Waals surface area contributed by atoms with Gasteiger partial charge in [-0.2, -0.15) is 0 Å². The molecule has 0 radical (unpaired) electrons. The first-order valence-corrected chi connectivity index (χ1v) is 15.2. The highest BCUT2D eigenvalue weighted by Crippen LogP contribution is 2.31. The Bertz CT molecular complexity index is 1240. The average molecular weight is 529 g/mol. The summed E-state index contributed by atoms with van der Waals surface area (Å²) in [7, 11) is 0. The molecule has 0 spiro atoms. The lowest BCUT2D eigenvalue weighted by molar-refractivity contribution is -0.138. The fraction of sp³-hybridized carbons (Fsp3) is 0.545. The Morgan fingerprint density at radius 3 is 2.23 bits per heavy atom. The maximum absolute atomic E-state index is 14.0. The summed E-state index contributed by atoms with van der Waals surface area (Å²) in [6.45, 7) is 2.98. The lowest BCUT2D eigenvalue weighted by Gasteiger charge is -2.42. The number of hydrogen-bond donors (Lipinski definition) is 1. The minimum Gasteiger partial charge on any atom is -0.356 e. The van der Waals surface area contributed by atoms with Crippen LogP contribution in [0.4, 0.5) is 0 Å². The first-order valence-electron chi connectivity index (χ1n) is 15.2. The smallest absolute Gasteiger partial charge is 0.243 e. The van der Waals surface area contributed by atoms with Gasteiger partial charge in [0.1, 0.15) is 12.4 Å². The number of aryl methyl sites for hydroxylation is 2. The molecule has 2 aliphatic carbocycles. The summed E-state index contributed by atoms with van der Waals surface area (Å²) in [5.74, 6) is 1.23.